The van der Waals surface area contributed by atoms with Gasteiger partial charge in [0.15, 0.2) is 0 Å². The van der Waals surface area contributed by atoms with E-state index in [1.807, 2.05) is 29.8 Å². The molecule has 5 heteroatoms. The predicted molar refractivity (Wildman–Crippen MR) is 85.6 cm³/mol. The Bertz CT molecular complexity index is 705. The molecular weight excluding hydrogens is 280 g/mol. The maximum atomic E-state index is 11.3. The van der Waals surface area contributed by atoms with E-state index in [1.54, 1.807) is 6.20 Å². The molecule has 0 aliphatic carbocycles. The SMILES string of the molecule is CC(C)N1CCC(Oc2ccc3c(c2)c(C(=O)O)cn3C)C1. The Balaban J connectivity index is 1.83. The van der Waals surface area contributed by atoms with Gasteiger partial charge in [0.2, 0.25) is 0 Å². The Hall–Kier alpha value is -2.01. The molecule has 5 nitrogen and oxygen atoms in total. The van der Waals surface area contributed by atoms with Crippen molar-refractivity contribution in [1.82, 2.24) is 9.47 Å². The lowest BCUT2D eigenvalue weighted by molar-refractivity contribution is 0.0699. The molecule has 1 unspecified atom stereocenters. The number of nitrogens with zero attached hydrogens (tertiary/aromatic N) is 2. The van der Waals surface area contributed by atoms with Crippen molar-refractivity contribution in [2.45, 2.75) is 32.4 Å². The molecule has 2 aromatic rings. The molecule has 0 spiro atoms. The first-order valence-electron chi connectivity index (χ1n) is 7.69. The number of hydrogen-bond donors (Lipinski definition) is 1. The molecule has 1 saturated heterocycles. The van der Waals surface area contributed by atoms with E-state index in [0.29, 0.717) is 11.6 Å². The van der Waals surface area contributed by atoms with Gasteiger partial charge < -0.3 is 14.4 Å². The number of likely N-dealkylation sites (tertiary alicyclic amines) is 1. The average molecular weight is 302 g/mol. The molecule has 0 saturated carbocycles. The number of aromatic carboxylic acids is 1. The molecule has 1 fully saturated rings. The van der Waals surface area contributed by atoms with Gasteiger partial charge in [-0.25, -0.2) is 4.79 Å². The molecule has 1 aromatic carbocycles. The van der Waals surface area contributed by atoms with E-state index in [9.17, 15) is 9.90 Å². The van der Waals surface area contributed by atoms with Crippen molar-refractivity contribution in [1.29, 1.82) is 0 Å². The third kappa shape index (κ3) is 2.68. The van der Waals surface area contributed by atoms with Crippen molar-refractivity contribution in [3.8, 4) is 5.75 Å². The lowest BCUT2D eigenvalue weighted by Gasteiger charge is -2.20. The van der Waals surface area contributed by atoms with Gasteiger partial charge in [0, 0.05) is 43.3 Å². The van der Waals surface area contributed by atoms with Crippen LogP contribution in [0.1, 0.15) is 30.6 Å². The quantitative estimate of drug-likeness (QED) is 0.943. The van der Waals surface area contributed by atoms with E-state index in [0.717, 1.165) is 36.2 Å². The van der Waals surface area contributed by atoms with Gasteiger partial charge in [-0.15, -0.1) is 0 Å². The molecule has 0 radical (unpaired) electrons. The number of ether oxygens (including phenoxy) is 1. The largest absolute Gasteiger partial charge is 0.489 e. The number of carbonyl (C=O) groups is 1. The third-order valence-corrected chi connectivity index (χ3v) is 4.40. The van der Waals surface area contributed by atoms with Gasteiger partial charge in [0.25, 0.3) is 0 Å². The van der Waals surface area contributed by atoms with Crippen LogP contribution in [0.3, 0.4) is 0 Å². The zero-order valence-corrected chi connectivity index (χ0v) is 13.2. The number of fused-ring (bicyclic) bond motifs is 1. The van der Waals surface area contributed by atoms with Crippen molar-refractivity contribution in [3.63, 3.8) is 0 Å². The van der Waals surface area contributed by atoms with Crippen LogP contribution in [0.15, 0.2) is 24.4 Å². The minimum absolute atomic E-state index is 0.178. The van der Waals surface area contributed by atoms with Gasteiger partial charge in [-0.05, 0) is 38.5 Å². The van der Waals surface area contributed by atoms with E-state index in [1.165, 1.54) is 0 Å². The minimum atomic E-state index is -0.908. The Kier molecular flexibility index (Phi) is 3.83. The van der Waals surface area contributed by atoms with Crippen LogP contribution < -0.4 is 4.74 Å². The summed E-state index contributed by atoms with van der Waals surface area (Å²) in [5.74, 6) is -0.161. The molecule has 2 heterocycles. The van der Waals surface area contributed by atoms with Crippen molar-refractivity contribution in [2.75, 3.05) is 13.1 Å². The lowest BCUT2D eigenvalue weighted by atomic mass is 10.1. The van der Waals surface area contributed by atoms with Crippen molar-refractivity contribution >= 4 is 16.9 Å². The summed E-state index contributed by atoms with van der Waals surface area (Å²) in [7, 11) is 1.85. The van der Waals surface area contributed by atoms with Crippen LogP contribution in [0.2, 0.25) is 0 Å². The molecule has 0 bridgehead atoms. The smallest absolute Gasteiger partial charge is 0.337 e. The fraction of sp³-hybridized carbons (Fsp3) is 0.471. The summed E-state index contributed by atoms with van der Waals surface area (Å²) in [6.07, 6.45) is 2.83. The number of carboxylic acid groups (broad SMARTS) is 1. The van der Waals surface area contributed by atoms with Crippen molar-refractivity contribution < 1.29 is 14.6 Å². The topological polar surface area (TPSA) is 54.7 Å². The highest BCUT2D eigenvalue weighted by atomic mass is 16.5. The maximum absolute atomic E-state index is 11.3. The van der Waals surface area contributed by atoms with Crippen molar-refractivity contribution in [3.05, 3.63) is 30.0 Å². The molecule has 1 atom stereocenters. The summed E-state index contributed by atoms with van der Waals surface area (Å²) in [5.41, 5.74) is 1.22. The second-order valence-electron chi connectivity index (χ2n) is 6.26. The molecule has 1 N–H and O–H groups in total. The Morgan fingerprint density at radius 1 is 1.41 bits per heavy atom. The second kappa shape index (κ2) is 5.65. The second-order valence-corrected chi connectivity index (χ2v) is 6.26. The zero-order chi connectivity index (χ0) is 15.9. The molecule has 1 aliphatic heterocycles. The predicted octanol–water partition coefficient (Wildman–Crippen LogP) is 2.74. The van der Waals surface area contributed by atoms with Crippen molar-refractivity contribution in [2.24, 2.45) is 7.05 Å². The summed E-state index contributed by atoms with van der Waals surface area (Å²) in [4.78, 5) is 13.7. The van der Waals surface area contributed by atoms with E-state index in [2.05, 4.69) is 18.7 Å². The summed E-state index contributed by atoms with van der Waals surface area (Å²) in [6.45, 7) is 6.36. The zero-order valence-electron chi connectivity index (χ0n) is 13.2. The van der Waals surface area contributed by atoms with Crippen LogP contribution in [-0.4, -0.2) is 45.8 Å². The van der Waals surface area contributed by atoms with E-state index >= 15 is 0 Å². The Morgan fingerprint density at radius 2 is 2.18 bits per heavy atom. The van der Waals surface area contributed by atoms with Gasteiger partial charge in [-0.2, -0.15) is 0 Å². The molecule has 0 amide bonds. The minimum Gasteiger partial charge on any atom is -0.489 e. The fourth-order valence-corrected chi connectivity index (χ4v) is 3.13. The standard InChI is InChI=1S/C17H22N2O3/c1-11(2)19-7-6-13(9-19)22-12-4-5-16-14(8-12)15(17(20)21)10-18(16)3/h4-5,8,10-11,13H,6-7,9H2,1-3H3,(H,20,21). The molecule has 3 rings (SSSR count). The number of aryl methyl sites for hydroxylation is 1. The monoisotopic (exact) mass is 302 g/mol. The van der Waals surface area contributed by atoms with Crippen LogP contribution in [0.5, 0.6) is 5.75 Å². The molecule has 1 aromatic heterocycles. The number of rotatable bonds is 4. The maximum Gasteiger partial charge on any atom is 0.337 e. The first-order chi connectivity index (χ1) is 10.5. The first-order valence-corrected chi connectivity index (χ1v) is 7.69. The number of aromatic nitrogens is 1. The van der Waals surface area contributed by atoms with Gasteiger partial charge in [0.05, 0.1) is 5.56 Å². The van der Waals surface area contributed by atoms with Gasteiger partial charge in [-0.3, -0.25) is 4.90 Å². The molecule has 1 aliphatic rings. The average Bonchev–Trinajstić information content (AvgIpc) is 3.04. The summed E-state index contributed by atoms with van der Waals surface area (Å²) in [5, 5.41) is 10.0. The summed E-state index contributed by atoms with van der Waals surface area (Å²) in [6, 6.07) is 6.22. The normalized spacial score (nSPS) is 19.2. The van der Waals surface area contributed by atoms with Gasteiger partial charge in [-0.1, -0.05) is 0 Å². The summed E-state index contributed by atoms with van der Waals surface area (Å²) >= 11 is 0. The first kappa shape index (κ1) is 14.9. The van der Waals surface area contributed by atoms with Crippen LogP contribution >= 0.6 is 0 Å². The van der Waals surface area contributed by atoms with Gasteiger partial charge in [0.1, 0.15) is 11.9 Å². The Morgan fingerprint density at radius 3 is 2.82 bits per heavy atom. The van der Waals surface area contributed by atoms with E-state index in [4.69, 9.17) is 4.74 Å². The highest BCUT2D eigenvalue weighted by molar-refractivity contribution is 6.03. The highest BCUT2D eigenvalue weighted by Crippen LogP contribution is 2.27. The molecule has 118 valence electrons. The number of benzene rings is 1. The lowest BCUT2D eigenvalue weighted by Crippen LogP contribution is -2.30. The third-order valence-electron chi connectivity index (χ3n) is 4.40. The summed E-state index contributed by atoms with van der Waals surface area (Å²) < 4.78 is 7.90. The fourth-order valence-electron chi connectivity index (χ4n) is 3.13. The molecular formula is C17H22N2O3. The van der Waals surface area contributed by atoms with Crippen LogP contribution in [0.4, 0.5) is 0 Å². The van der Waals surface area contributed by atoms with Gasteiger partial charge >= 0.3 is 5.97 Å². The van der Waals surface area contributed by atoms with Crippen LogP contribution in [0.25, 0.3) is 10.9 Å². The highest BCUT2D eigenvalue weighted by Gasteiger charge is 2.25. The van der Waals surface area contributed by atoms with E-state index in [-0.39, 0.29) is 6.10 Å². The molecule has 22 heavy (non-hydrogen) atoms. The van der Waals surface area contributed by atoms with Crippen LogP contribution in [0, 0.1) is 0 Å². The number of carboxylic acids is 1. The Labute approximate surface area is 130 Å². The van der Waals surface area contributed by atoms with Crippen LogP contribution in [-0.2, 0) is 7.05 Å². The number of hydrogen-bond acceptors (Lipinski definition) is 3. The van der Waals surface area contributed by atoms with E-state index < -0.39 is 5.97 Å².